The molecule has 1 N–H and O–H groups in total. The van der Waals surface area contributed by atoms with Crippen molar-refractivity contribution in [3.8, 4) is 0 Å². The van der Waals surface area contributed by atoms with Gasteiger partial charge in [0, 0.05) is 6.07 Å². The van der Waals surface area contributed by atoms with Gasteiger partial charge in [-0.1, -0.05) is 0 Å². The van der Waals surface area contributed by atoms with Gasteiger partial charge in [-0.15, -0.1) is 0 Å². The first kappa shape index (κ1) is 17.1. The molecule has 0 heterocycles. The summed E-state index contributed by atoms with van der Waals surface area (Å²) in [6.45, 7) is 0. The molecule has 0 radical (unpaired) electrons. The summed E-state index contributed by atoms with van der Waals surface area (Å²) >= 11 is 0. The molecule has 0 aliphatic heterocycles. The van der Waals surface area contributed by atoms with Gasteiger partial charge in [-0.25, -0.2) is 21.6 Å². The summed E-state index contributed by atoms with van der Waals surface area (Å²) in [4.78, 5) is -1.03. The third-order valence-corrected chi connectivity index (χ3v) is 4.12. The Morgan fingerprint density at radius 1 is 0.870 bits per heavy atom. The van der Waals surface area contributed by atoms with Gasteiger partial charge in [0.2, 0.25) is 0 Å². The molecule has 0 spiro atoms. The maximum atomic E-state index is 13.5. The van der Waals surface area contributed by atoms with E-state index < -0.39 is 49.8 Å². The number of nitrogens with one attached hydrogen (secondary N) is 1. The minimum atomic E-state index is -4.82. The van der Waals surface area contributed by atoms with Gasteiger partial charge in [-0.2, -0.15) is 13.2 Å². The van der Waals surface area contributed by atoms with Crippen molar-refractivity contribution in [2.45, 2.75) is 11.1 Å². The largest absolute Gasteiger partial charge is 0.416 e. The van der Waals surface area contributed by atoms with Crippen molar-refractivity contribution in [2.24, 2.45) is 0 Å². The molecule has 124 valence electrons. The second-order valence-electron chi connectivity index (χ2n) is 4.37. The molecule has 10 heteroatoms. The normalized spacial score (nSPS) is 12.3. The Morgan fingerprint density at radius 3 is 2.09 bits per heavy atom. The van der Waals surface area contributed by atoms with Gasteiger partial charge in [0.15, 0.2) is 0 Å². The van der Waals surface area contributed by atoms with Gasteiger partial charge in [0.25, 0.3) is 10.0 Å². The van der Waals surface area contributed by atoms with Crippen LogP contribution in [-0.4, -0.2) is 8.42 Å². The molecular formula is C13H7F6NO2S. The van der Waals surface area contributed by atoms with E-state index in [0.29, 0.717) is 24.3 Å². The molecule has 2 rings (SSSR count). The van der Waals surface area contributed by atoms with E-state index >= 15 is 0 Å². The number of hydrogen-bond acceptors (Lipinski definition) is 2. The summed E-state index contributed by atoms with van der Waals surface area (Å²) in [7, 11) is -4.74. The first-order valence-electron chi connectivity index (χ1n) is 5.85. The number of rotatable bonds is 3. The number of sulfonamides is 1. The van der Waals surface area contributed by atoms with Crippen molar-refractivity contribution in [1.82, 2.24) is 0 Å². The number of benzene rings is 2. The highest BCUT2D eigenvalue weighted by Gasteiger charge is 2.32. The van der Waals surface area contributed by atoms with E-state index in [4.69, 9.17) is 0 Å². The van der Waals surface area contributed by atoms with Crippen LogP contribution in [-0.2, 0) is 16.2 Å². The predicted octanol–water partition coefficient (Wildman–Crippen LogP) is 3.92. The standard InChI is InChI=1S/C13H7F6NO2S/c14-8-2-4-12(10(16)6-8)23(21,22)20-11-5-7(13(17,18)19)1-3-9(11)15/h1-6,20H. The zero-order valence-corrected chi connectivity index (χ0v) is 11.8. The summed E-state index contributed by atoms with van der Waals surface area (Å²) in [5, 5.41) is 0. The van der Waals surface area contributed by atoms with Gasteiger partial charge in [0.1, 0.15) is 22.3 Å². The number of hydrogen-bond donors (Lipinski definition) is 1. The molecule has 0 saturated heterocycles. The quantitative estimate of drug-likeness (QED) is 0.849. The molecule has 2 aromatic rings. The fraction of sp³-hybridized carbons (Fsp3) is 0.0769. The van der Waals surface area contributed by atoms with E-state index in [1.165, 1.54) is 4.72 Å². The lowest BCUT2D eigenvalue weighted by molar-refractivity contribution is -0.137. The van der Waals surface area contributed by atoms with Gasteiger partial charge in [-0.05, 0) is 30.3 Å². The van der Waals surface area contributed by atoms with Crippen LogP contribution in [0, 0.1) is 17.5 Å². The number of alkyl halides is 3. The van der Waals surface area contributed by atoms with Crippen molar-refractivity contribution >= 4 is 15.7 Å². The average Bonchev–Trinajstić information content (AvgIpc) is 2.39. The lowest BCUT2D eigenvalue weighted by Gasteiger charge is -2.12. The first-order valence-corrected chi connectivity index (χ1v) is 7.33. The minimum Gasteiger partial charge on any atom is -0.277 e. The first-order chi connectivity index (χ1) is 10.5. The Labute approximate surface area is 126 Å². The fourth-order valence-corrected chi connectivity index (χ4v) is 2.79. The highest BCUT2D eigenvalue weighted by Crippen LogP contribution is 2.32. The number of anilines is 1. The van der Waals surface area contributed by atoms with Crippen LogP contribution < -0.4 is 4.72 Å². The smallest absolute Gasteiger partial charge is 0.277 e. The van der Waals surface area contributed by atoms with Crippen LogP contribution in [0.1, 0.15) is 5.56 Å². The van der Waals surface area contributed by atoms with E-state index in [0.717, 1.165) is 0 Å². The molecule has 0 aromatic heterocycles. The van der Waals surface area contributed by atoms with Crippen LogP contribution in [0.25, 0.3) is 0 Å². The van der Waals surface area contributed by atoms with Crippen LogP contribution in [0.3, 0.4) is 0 Å². The molecule has 0 aliphatic carbocycles. The van der Waals surface area contributed by atoms with E-state index in [2.05, 4.69) is 0 Å². The summed E-state index contributed by atoms with van der Waals surface area (Å²) in [5.41, 5.74) is -2.31. The SMILES string of the molecule is O=S(=O)(Nc1cc(C(F)(F)F)ccc1F)c1ccc(F)cc1F. The lowest BCUT2D eigenvalue weighted by atomic mass is 10.2. The molecule has 3 nitrogen and oxygen atoms in total. The molecule has 0 atom stereocenters. The monoisotopic (exact) mass is 355 g/mol. The summed E-state index contributed by atoms with van der Waals surface area (Å²) in [6.07, 6.45) is -4.82. The molecule has 0 amide bonds. The van der Waals surface area contributed by atoms with Gasteiger partial charge >= 0.3 is 6.18 Å². The average molecular weight is 355 g/mol. The van der Waals surface area contributed by atoms with Crippen LogP contribution in [0.5, 0.6) is 0 Å². The van der Waals surface area contributed by atoms with Gasteiger partial charge < -0.3 is 0 Å². The van der Waals surface area contributed by atoms with Crippen molar-refractivity contribution in [3.05, 3.63) is 59.4 Å². The van der Waals surface area contributed by atoms with Crippen molar-refractivity contribution in [2.75, 3.05) is 4.72 Å². The van der Waals surface area contributed by atoms with E-state index in [9.17, 15) is 34.8 Å². The Morgan fingerprint density at radius 2 is 1.52 bits per heavy atom. The molecule has 23 heavy (non-hydrogen) atoms. The highest BCUT2D eigenvalue weighted by atomic mass is 32.2. The van der Waals surface area contributed by atoms with E-state index in [1.807, 2.05) is 0 Å². The third-order valence-electron chi connectivity index (χ3n) is 2.72. The minimum absolute atomic E-state index is 0.230. The van der Waals surface area contributed by atoms with Gasteiger partial charge in [-0.3, -0.25) is 4.72 Å². The maximum Gasteiger partial charge on any atom is 0.416 e. The van der Waals surface area contributed by atoms with Crippen LogP contribution in [0.2, 0.25) is 0 Å². The van der Waals surface area contributed by atoms with Crippen molar-refractivity contribution in [3.63, 3.8) is 0 Å². The molecular weight excluding hydrogens is 348 g/mol. The zero-order valence-electron chi connectivity index (χ0n) is 11.0. The van der Waals surface area contributed by atoms with Crippen molar-refractivity contribution < 1.29 is 34.8 Å². The fourth-order valence-electron chi connectivity index (χ4n) is 1.67. The third kappa shape index (κ3) is 3.76. The molecule has 0 fully saturated rings. The topological polar surface area (TPSA) is 46.2 Å². The molecule has 0 aliphatic rings. The summed E-state index contributed by atoms with van der Waals surface area (Å²) < 4.78 is 103. The Balaban J connectivity index is 2.45. The second-order valence-corrected chi connectivity index (χ2v) is 6.02. The summed E-state index contributed by atoms with van der Waals surface area (Å²) in [6, 6.07) is 2.55. The number of halogens is 6. The molecule has 0 bridgehead atoms. The summed E-state index contributed by atoms with van der Waals surface area (Å²) in [5.74, 6) is -3.80. The highest BCUT2D eigenvalue weighted by molar-refractivity contribution is 7.92. The van der Waals surface area contributed by atoms with E-state index in [-0.39, 0.29) is 12.1 Å². The lowest BCUT2D eigenvalue weighted by Crippen LogP contribution is -2.16. The Kier molecular flexibility index (Phi) is 4.29. The molecule has 0 unspecified atom stereocenters. The van der Waals surface area contributed by atoms with Gasteiger partial charge in [0.05, 0.1) is 11.3 Å². The van der Waals surface area contributed by atoms with E-state index in [1.54, 1.807) is 0 Å². The van der Waals surface area contributed by atoms with Crippen LogP contribution >= 0.6 is 0 Å². The van der Waals surface area contributed by atoms with Crippen LogP contribution in [0.4, 0.5) is 32.0 Å². The second kappa shape index (κ2) is 5.76. The predicted molar refractivity (Wildman–Crippen MR) is 68.6 cm³/mol. The molecule has 2 aromatic carbocycles. The zero-order chi connectivity index (χ0) is 17.4. The molecule has 0 saturated carbocycles. The Bertz CT molecular complexity index is 848. The Hall–Kier alpha value is -2.23. The maximum absolute atomic E-state index is 13.5. The van der Waals surface area contributed by atoms with Crippen LogP contribution in [0.15, 0.2) is 41.3 Å². The van der Waals surface area contributed by atoms with Crippen molar-refractivity contribution in [1.29, 1.82) is 0 Å².